The van der Waals surface area contributed by atoms with Gasteiger partial charge in [-0.2, -0.15) is 0 Å². The predicted molar refractivity (Wildman–Crippen MR) is 82.2 cm³/mol. The van der Waals surface area contributed by atoms with E-state index in [9.17, 15) is 14.8 Å². The zero-order valence-corrected chi connectivity index (χ0v) is 13.5. The molecule has 0 amide bonds. The van der Waals surface area contributed by atoms with E-state index in [1.807, 2.05) is 30.3 Å². The lowest BCUT2D eigenvalue weighted by atomic mass is 9.80. The van der Waals surface area contributed by atoms with Crippen molar-refractivity contribution in [1.29, 1.82) is 0 Å². The van der Waals surface area contributed by atoms with E-state index in [2.05, 4.69) is 0 Å². The fourth-order valence-corrected chi connectivity index (χ4v) is 2.77. The van der Waals surface area contributed by atoms with Crippen LogP contribution in [0.2, 0.25) is 0 Å². The van der Waals surface area contributed by atoms with Crippen LogP contribution in [0.25, 0.3) is 0 Å². The minimum atomic E-state index is -0.667. The summed E-state index contributed by atoms with van der Waals surface area (Å²) in [7, 11) is 2.52. The smallest absolute Gasteiger partial charge is 0.336 e. The van der Waals surface area contributed by atoms with Gasteiger partial charge in [0.05, 0.1) is 42.7 Å². The fourth-order valence-electron chi connectivity index (χ4n) is 2.77. The van der Waals surface area contributed by atoms with Crippen LogP contribution in [0.1, 0.15) is 25.3 Å². The number of carbonyl (C=O) groups excluding carboxylic acids is 2. The maximum absolute atomic E-state index is 12.3. The van der Waals surface area contributed by atoms with Gasteiger partial charge in [0.1, 0.15) is 0 Å². The summed E-state index contributed by atoms with van der Waals surface area (Å²) in [6.45, 7) is 3.19. The molecule has 23 heavy (non-hydrogen) atoms. The zero-order chi connectivity index (χ0) is 17.1. The molecule has 0 aromatic heterocycles. The van der Waals surface area contributed by atoms with Gasteiger partial charge in [-0.25, -0.2) is 14.7 Å². The molecule has 1 aliphatic rings. The maximum atomic E-state index is 12.3. The molecule has 1 N–H and O–H groups in total. The molecule has 0 aliphatic carbocycles. The molecule has 1 heterocycles. The number of benzene rings is 1. The molecule has 0 radical (unpaired) electrons. The van der Waals surface area contributed by atoms with Gasteiger partial charge in [0.15, 0.2) is 0 Å². The highest BCUT2D eigenvalue weighted by Gasteiger charge is 2.40. The van der Waals surface area contributed by atoms with Crippen molar-refractivity contribution < 1.29 is 24.3 Å². The normalized spacial score (nSPS) is 15.8. The molecule has 0 saturated heterocycles. The van der Waals surface area contributed by atoms with Crippen LogP contribution in [0.4, 0.5) is 0 Å². The Labute approximate surface area is 134 Å². The Balaban J connectivity index is 2.74. The summed E-state index contributed by atoms with van der Waals surface area (Å²) < 4.78 is 9.70. The molecule has 1 aromatic rings. The summed E-state index contributed by atoms with van der Waals surface area (Å²) in [6, 6.07) is 9.09. The van der Waals surface area contributed by atoms with Gasteiger partial charge in [-0.15, -0.1) is 0 Å². The van der Waals surface area contributed by atoms with Crippen molar-refractivity contribution in [1.82, 2.24) is 5.06 Å². The lowest BCUT2D eigenvalue weighted by molar-refractivity contribution is -0.138. The van der Waals surface area contributed by atoms with Crippen molar-refractivity contribution >= 4 is 11.9 Å². The number of esters is 2. The molecule has 122 valence electrons. The third kappa shape index (κ3) is 2.85. The second-order valence-electron chi connectivity index (χ2n) is 5.14. The predicted octanol–water partition coefficient (Wildman–Crippen LogP) is 2.37. The number of hydrogen-bond acceptors (Lipinski definition) is 6. The van der Waals surface area contributed by atoms with E-state index >= 15 is 0 Å². The average Bonchev–Trinajstić information content (AvgIpc) is 2.58. The number of allylic oxidation sites excluding steroid dienone is 2. The van der Waals surface area contributed by atoms with E-state index in [1.54, 1.807) is 13.8 Å². The molecule has 0 atom stereocenters. The van der Waals surface area contributed by atoms with Gasteiger partial charge in [0.2, 0.25) is 0 Å². The van der Waals surface area contributed by atoms with Crippen LogP contribution in [-0.2, 0) is 19.1 Å². The minimum Gasteiger partial charge on any atom is -0.466 e. The van der Waals surface area contributed by atoms with Gasteiger partial charge in [-0.1, -0.05) is 30.3 Å². The molecule has 0 saturated carbocycles. The monoisotopic (exact) mass is 317 g/mol. The van der Waals surface area contributed by atoms with Crippen LogP contribution in [0.5, 0.6) is 0 Å². The standard InChI is InChI=1S/C17H19NO5/c1-10-13(16(19)22-3)15(12-8-6-5-7-9-12)14(17(20)23-4)11(2)18(10)21/h5-9,15,21H,1-4H3. The Bertz CT molecular complexity index is 650. The highest BCUT2D eigenvalue weighted by atomic mass is 16.5. The molecule has 1 aromatic carbocycles. The Morgan fingerprint density at radius 2 is 1.39 bits per heavy atom. The van der Waals surface area contributed by atoms with Crippen molar-refractivity contribution in [3.8, 4) is 0 Å². The van der Waals surface area contributed by atoms with E-state index < -0.39 is 17.9 Å². The third-order valence-corrected chi connectivity index (χ3v) is 3.94. The van der Waals surface area contributed by atoms with Crippen LogP contribution in [-0.4, -0.2) is 36.4 Å². The fraction of sp³-hybridized carbons (Fsp3) is 0.294. The minimum absolute atomic E-state index is 0.201. The SMILES string of the molecule is COC(=O)C1=C(C)N(O)C(C)=C(C(=O)OC)C1c1ccccc1. The topological polar surface area (TPSA) is 76.1 Å². The molecule has 0 spiro atoms. The largest absolute Gasteiger partial charge is 0.466 e. The van der Waals surface area contributed by atoms with E-state index in [0.29, 0.717) is 11.4 Å². The second kappa shape index (κ2) is 6.66. The van der Waals surface area contributed by atoms with Crippen LogP contribution in [0, 0.1) is 0 Å². The van der Waals surface area contributed by atoms with E-state index in [-0.39, 0.29) is 11.1 Å². The first-order chi connectivity index (χ1) is 10.9. The lowest BCUT2D eigenvalue weighted by Gasteiger charge is -2.33. The van der Waals surface area contributed by atoms with Crippen molar-refractivity contribution in [2.75, 3.05) is 14.2 Å². The van der Waals surface area contributed by atoms with Gasteiger partial charge < -0.3 is 9.47 Å². The number of ether oxygens (including phenoxy) is 2. The molecule has 6 heteroatoms. The molecule has 2 rings (SSSR count). The molecule has 0 bridgehead atoms. The van der Waals surface area contributed by atoms with Crippen molar-refractivity contribution in [3.63, 3.8) is 0 Å². The number of methoxy groups -OCH3 is 2. The molecular weight excluding hydrogens is 298 g/mol. The zero-order valence-electron chi connectivity index (χ0n) is 13.5. The van der Waals surface area contributed by atoms with Gasteiger partial charge in [-0.3, -0.25) is 5.21 Å². The first-order valence-electron chi connectivity index (χ1n) is 7.06. The Morgan fingerprint density at radius 3 is 1.78 bits per heavy atom. The number of hydrogen-bond donors (Lipinski definition) is 1. The van der Waals surface area contributed by atoms with Gasteiger partial charge >= 0.3 is 11.9 Å². The highest BCUT2D eigenvalue weighted by Crippen LogP contribution is 2.41. The van der Waals surface area contributed by atoms with Crippen LogP contribution < -0.4 is 0 Å². The number of rotatable bonds is 3. The average molecular weight is 317 g/mol. The van der Waals surface area contributed by atoms with Gasteiger partial charge in [0, 0.05) is 0 Å². The van der Waals surface area contributed by atoms with Crippen LogP contribution in [0.15, 0.2) is 52.9 Å². The van der Waals surface area contributed by atoms with E-state index in [0.717, 1.165) is 10.6 Å². The molecule has 6 nitrogen and oxygen atoms in total. The third-order valence-electron chi connectivity index (χ3n) is 3.94. The van der Waals surface area contributed by atoms with Crippen molar-refractivity contribution in [2.45, 2.75) is 19.8 Å². The molecular formula is C17H19NO5. The first-order valence-corrected chi connectivity index (χ1v) is 7.06. The first kappa shape index (κ1) is 16.8. The van der Waals surface area contributed by atoms with Crippen LogP contribution in [0.3, 0.4) is 0 Å². The summed E-state index contributed by atoms with van der Waals surface area (Å²) >= 11 is 0. The summed E-state index contributed by atoms with van der Waals surface area (Å²) in [4.78, 5) is 24.6. The summed E-state index contributed by atoms with van der Waals surface area (Å²) in [5.41, 5.74) is 1.77. The van der Waals surface area contributed by atoms with E-state index in [1.165, 1.54) is 14.2 Å². The number of carbonyl (C=O) groups is 2. The van der Waals surface area contributed by atoms with Crippen LogP contribution >= 0.6 is 0 Å². The van der Waals surface area contributed by atoms with Gasteiger partial charge in [-0.05, 0) is 19.4 Å². The molecule has 0 fully saturated rings. The summed E-state index contributed by atoms with van der Waals surface area (Å²) in [5, 5.41) is 11.1. The lowest BCUT2D eigenvalue weighted by Crippen LogP contribution is -2.33. The Kier molecular flexibility index (Phi) is 4.86. The van der Waals surface area contributed by atoms with Gasteiger partial charge in [0.25, 0.3) is 0 Å². The molecule has 0 unspecified atom stereocenters. The number of hydroxylamine groups is 2. The Hall–Kier alpha value is -2.60. The summed E-state index contributed by atoms with van der Waals surface area (Å²) in [6.07, 6.45) is 0. The van der Waals surface area contributed by atoms with Crippen molar-refractivity contribution in [3.05, 3.63) is 58.4 Å². The second-order valence-corrected chi connectivity index (χ2v) is 5.14. The van der Waals surface area contributed by atoms with E-state index in [4.69, 9.17) is 9.47 Å². The van der Waals surface area contributed by atoms with Crippen molar-refractivity contribution in [2.24, 2.45) is 0 Å². The maximum Gasteiger partial charge on any atom is 0.336 e. The summed E-state index contributed by atoms with van der Waals surface area (Å²) in [5.74, 6) is -1.88. The quantitative estimate of drug-likeness (QED) is 0.863. The number of nitrogens with zero attached hydrogens (tertiary/aromatic N) is 1. The molecule has 1 aliphatic heterocycles. The highest BCUT2D eigenvalue weighted by molar-refractivity contribution is 5.99. The Morgan fingerprint density at radius 1 is 0.957 bits per heavy atom.